The van der Waals surface area contributed by atoms with Crippen LogP contribution in [0.1, 0.15) is 236 Å². The van der Waals surface area contributed by atoms with Crippen molar-refractivity contribution in [3.63, 3.8) is 0 Å². The Balaban J connectivity index is 0.000000298. The molecule has 3 aliphatic heterocycles. The fraction of sp³-hybridized carbons (Fsp3) is 0.532. The van der Waals surface area contributed by atoms with E-state index in [1.165, 1.54) is 33.3 Å². The van der Waals surface area contributed by atoms with Crippen LogP contribution in [-0.2, 0) is 52.3 Å². The van der Waals surface area contributed by atoms with Crippen LogP contribution in [0.2, 0.25) is 15.1 Å². The fourth-order valence-corrected chi connectivity index (χ4v) is 14.8. The maximum atomic E-state index is 13.5. The van der Waals surface area contributed by atoms with Crippen LogP contribution in [0.15, 0.2) is 146 Å². The largest absolute Gasteiger partial charge is 0.478 e. The zero-order valence-corrected chi connectivity index (χ0v) is 74.3. The third kappa shape index (κ3) is 39.4. The van der Waals surface area contributed by atoms with Gasteiger partial charge >= 0.3 is 18.2 Å². The molecule has 0 aromatic heterocycles. The van der Waals surface area contributed by atoms with E-state index in [4.69, 9.17) is 78.4 Å². The summed E-state index contributed by atoms with van der Waals surface area (Å²) >= 11 is 18.6. The molecular weight excluding hydrogens is 1610 g/mol. The number of hydrogen-bond acceptors (Lipinski definition) is 18. The number of carbonyl (C=O) groups excluding carboxylic acids is 7. The number of carbonyl (C=O) groups is 8. The normalized spacial score (nSPS) is 16.6. The maximum absolute atomic E-state index is 13.5. The number of carboxylic acid groups (broad SMARTS) is 1. The van der Waals surface area contributed by atoms with E-state index in [0.717, 1.165) is 119 Å². The molecule has 3 fully saturated rings. The first-order chi connectivity index (χ1) is 57.2. The van der Waals surface area contributed by atoms with Crippen molar-refractivity contribution < 1.29 is 81.4 Å². The predicted octanol–water partition coefficient (Wildman–Crippen LogP) is 17.5. The lowest BCUT2D eigenvalue weighted by Crippen LogP contribution is -2.45. The van der Waals surface area contributed by atoms with Crippen molar-refractivity contribution >= 4 is 82.2 Å². The predicted molar refractivity (Wildman–Crippen MR) is 476 cm³/mol. The molecule has 3 heterocycles. The van der Waals surface area contributed by atoms with Crippen molar-refractivity contribution in [2.45, 2.75) is 201 Å². The topological polar surface area (TPSA) is 311 Å². The van der Waals surface area contributed by atoms with Crippen LogP contribution >= 0.6 is 34.8 Å². The van der Waals surface area contributed by atoms with Crippen molar-refractivity contribution in [1.82, 2.24) is 31.1 Å². The van der Waals surface area contributed by atoms with Crippen molar-refractivity contribution in [2.24, 2.45) is 23.5 Å². The molecule has 0 aliphatic carbocycles. The Labute approximate surface area is 732 Å². The molecule has 3 aliphatic rings. The van der Waals surface area contributed by atoms with Crippen LogP contribution in [0, 0.1) is 17.8 Å². The molecule has 0 spiro atoms. The zero-order chi connectivity index (χ0) is 87.7. The third-order valence-electron chi connectivity index (χ3n) is 20.4. The van der Waals surface area contributed by atoms with Gasteiger partial charge in [-0.3, -0.25) is 24.0 Å². The summed E-state index contributed by atoms with van der Waals surface area (Å²) in [5.41, 5.74) is 11.1. The van der Waals surface area contributed by atoms with Crippen molar-refractivity contribution in [3.8, 4) is 0 Å². The Morgan fingerprint density at radius 3 is 1.10 bits per heavy atom. The van der Waals surface area contributed by atoms with Gasteiger partial charge in [0.25, 0.3) is 0 Å². The lowest BCUT2D eigenvalue weighted by atomic mass is 9.90. The van der Waals surface area contributed by atoms with Crippen LogP contribution in [0.5, 0.6) is 0 Å². The number of hydrogen-bond donors (Lipinski definition) is 6. The van der Waals surface area contributed by atoms with E-state index in [-0.39, 0.29) is 79.6 Å². The summed E-state index contributed by atoms with van der Waals surface area (Å²) in [6, 6.07) is 43.9. The summed E-state index contributed by atoms with van der Waals surface area (Å²) in [6.07, 6.45) is 9.30. The van der Waals surface area contributed by atoms with E-state index < -0.39 is 35.5 Å². The number of benzene rings is 6. The number of amides is 5. The minimum atomic E-state index is -1.00. The van der Waals surface area contributed by atoms with Gasteiger partial charge in [0, 0.05) is 158 Å². The molecule has 0 bridgehead atoms. The highest BCUT2D eigenvalue weighted by Gasteiger charge is 2.32. The zero-order valence-electron chi connectivity index (χ0n) is 72.0. The number of carboxylic acids is 1. The summed E-state index contributed by atoms with van der Waals surface area (Å²) < 4.78 is 46.0. The lowest BCUT2D eigenvalue weighted by molar-refractivity contribution is -0.120. The Morgan fingerprint density at radius 2 is 0.785 bits per heavy atom. The van der Waals surface area contributed by atoms with Gasteiger partial charge in [0.2, 0.25) is 17.7 Å². The van der Waals surface area contributed by atoms with Crippen molar-refractivity contribution in [1.29, 1.82) is 0 Å². The van der Waals surface area contributed by atoms with Crippen molar-refractivity contribution in [2.75, 3.05) is 107 Å². The van der Waals surface area contributed by atoms with Gasteiger partial charge in [-0.25, -0.2) is 14.4 Å². The van der Waals surface area contributed by atoms with Gasteiger partial charge < -0.3 is 79.8 Å². The first-order valence-corrected chi connectivity index (χ1v) is 42.8. The number of ketones is 2. The molecule has 6 aromatic carbocycles. The molecule has 3 saturated heterocycles. The van der Waals surface area contributed by atoms with Gasteiger partial charge in [0.05, 0.1) is 25.4 Å². The molecule has 24 nitrogen and oxygen atoms in total. The van der Waals surface area contributed by atoms with E-state index in [9.17, 15) is 43.5 Å². The number of rotatable bonds is 37. The average Bonchev–Trinajstić information content (AvgIpc) is 0.838. The first-order valence-electron chi connectivity index (χ1n) is 41.7. The number of likely N-dealkylation sites (N-methyl/N-ethyl adjacent to an activating group) is 1. The van der Waals surface area contributed by atoms with Crippen LogP contribution in [-0.4, -0.2) is 198 Å². The molecule has 27 heteroatoms. The molecule has 7 N–H and O–H groups in total. The van der Waals surface area contributed by atoms with E-state index in [2.05, 4.69) is 21.3 Å². The Hall–Kier alpha value is -8.37. The number of halogens is 3. The number of nitrogens with one attached hydrogen (secondary N) is 4. The fourth-order valence-electron chi connectivity index (χ4n) is 14.2. The van der Waals surface area contributed by atoms with Crippen molar-refractivity contribution in [3.05, 3.63) is 211 Å². The first kappa shape index (κ1) is 103. The van der Waals surface area contributed by atoms with Crippen LogP contribution in [0.4, 0.5) is 9.59 Å². The molecule has 0 radical (unpaired) electrons. The minimum Gasteiger partial charge on any atom is -0.478 e. The highest BCUT2D eigenvalue weighted by Crippen LogP contribution is 2.34. The number of aromatic carboxylic acids is 1. The lowest BCUT2D eigenvalue weighted by Gasteiger charge is -2.34. The standard InChI is InChI=1S/C33H45ClN2O6.C28H37ClN2O4.C18H18ClNO4.C14H28N2O3.CH4/c1-23(37)35-16-18-41-31(27-12-7-13-28(34)21-27)26-11-6-10-25(20-26)30(38)15-14-29(19-24-9-8-17-40-22-24)36(5)32(39)42-33(2,3)4;1-20(32)31-13-15-35-28(24-9-4-10-25(29)18-24)23-8-3-7-22(17-23)27(33)12-11-26(30-2)16-21-6-5-14-34-19-21;1-12(21)20-8-9-24-17(14-5-3-7-16(19)11-14)13-4-2-6-15(10-13)18(22)23;1-14(2,3)19-13(17)16(4)12(9-15)8-11-6-5-7-18-10-11;/h6-7,10-13,20-21,24,29,31H,8-9,14-19,22H2,1-5H3,(H,35,37);3-4,7-10,17-18,21,26,28,30H,5-6,11-16,19H2,1-2H3,(H,31,32);2-7,10-11,17H,8-9H2,1H3,(H,20,21)(H,22,23);11-12H,5-10,15H2,1-4H3;1H4/t24-,29-,31-;21-,26-,28-;17-;11-,12+;/m1111./s1. The molecule has 121 heavy (non-hydrogen) atoms. The van der Waals surface area contributed by atoms with E-state index >= 15 is 0 Å². The van der Waals surface area contributed by atoms with Crippen LogP contribution in [0.25, 0.3) is 0 Å². The molecule has 6 aromatic rings. The molecular formula is C94H132Cl3N7O17. The van der Waals surface area contributed by atoms with Gasteiger partial charge in [-0.05, 0) is 231 Å². The molecule has 5 amide bonds. The highest BCUT2D eigenvalue weighted by molar-refractivity contribution is 6.31. The molecule has 0 saturated carbocycles. The second-order valence-corrected chi connectivity index (χ2v) is 33.9. The monoisotopic (exact) mass is 1740 g/mol. The summed E-state index contributed by atoms with van der Waals surface area (Å²) in [7, 11) is 5.48. The second kappa shape index (κ2) is 54.3. The number of nitrogens with zero attached hydrogens (tertiary/aromatic N) is 2. The second-order valence-electron chi connectivity index (χ2n) is 32.6. The van der Waals surface area contributed by atoms with Gasteiger partial charge in [-0.15, -0.1) is 0 Å². The third-order valence-corrected chi connectivity index (χ3v) is 21.1. The van der Waals surface area contributed by atoms with Crippen LogP contribution < -0.4 is 27.0 Å². The quantitative estimate of drug-likeness (QED) is 0.0156. The summed E-state index contributed by atoms with van der Waals surface area (Å²) in [4.78, 5) is 99.4. The van der Waals surface area contributed by atoms with E-state index in [1.807, 2.05) is 146 Å². The Morgan fingerprint density at radius 1 is 0.471 bits per heavy atom. The Kier molecular flexibility index (Phi) is 46.3. The number of nitrogens with two attached hydrogens (primary N) is 1. The summed E-state index contributed by atoms with van der Waals surface area (Å²) in [5, 5.41) is 22.5. The maximum Gasteiger partial charge on any atom is 0.410 e. The number of ether oxygens (including phenoxy) is 8. The average molecular weight is 1740 g/mol. The SMILES string of the molecule is C.CC(=O)NCCO[C@@H](c1cccc(Cl)c1)c1cccc(C(=O)CC[C@H](C[C@H]2CCCOC2)N(C)C(=O)OC(C)(C)C)c1.CC(=O)NCCO[C@@H](c1cccc(Cl)c1)c1cccc(C(=O)O)c1.CN(C(=O)OC(C)(C)C)[C@H](CN)C[C@H]1CCCOC1.CN[C@H](CCC(=O)c1cccc([C@@H](OCCNC(C)=O)c2cccc(Cl)c2)c1)C[C@H]1CCCOC1. The van der Waals surface area contributed by atoms with Gasteiger partial charge in [0.15, 0.2) is 11.6 Å². The van der Waals surface area contributed by atoms with E-state index in [0.29, 0.717) is 114 Å². The van der Waals surface area contributed by atoms with E-state index in [1.54, 1.807) is 66.4 Å². The Bertz CT molecular complexity index is 4160. The summed E-state index contributed by atoms with van der Waals surface area (Å²) in [5.74, 6) is 0.136. The van der Waals surface area contributed by atoms with Gasteiger partial charge in [-0.1, -0.05) is 127 Å². The van der Waals surface area contributed by atoms with Gasteiger partial charge in [-0.2, -0.15) is 0 Å². The summed E-state index contributed by atoms with van der Waals surface area (Å²) in [6.45, 7) is 22.8. The van der Waals surface area contributed by atoms with Gasteiger partial charge in [0.1, 0.15) is 29.5 Å². The molecule has 9 atom stereocenters. The molecule has 0 unspecified atom stereocenters. The smallest absolute Gasteiger partial charge is 0.410 e. The minimum absolute atomic E-state index is 0. The van der Waals surface area contributed by atoms with Crippen LogP contribution in [0.3, 0.4) is 0 Å². The molecule has 666 valence electrons. The molecule has 9 rings (SSSR count). The number of Topliss-reactive ketones (excluding diaryl/α,β-unsaturated/α-hetero) is 2. The highest BCUT2D eigenvalue weighted by atomic mass is 35.5.